The Balaban J connectivity index is 2.78. The van der Waals surface area contributed by atoms with E-state index in [0.29, 0.717) is 6.61 Å². The molecule has 0 spiro atoms. The monoisotopic (exact) mass is 180 g/mol. The Morgan fingerprint density at radius 2 is 2.15 bits per heavy atom. The van der Waals surface area contributed by atoms with Gasteiger partial charge in [0.25, 0.3) is 0 Å². The van der Waals surface area contributed by atoms with Crippen LogP contribution in [0.2, 0.25) is 0 Å². The lowest BCUT2D eigenvalue weighted by Crippen LogP contribution is -1.97. The number of aliphatic hydroxyl groups is 1. The standard InChI is InChI=1S/C11H16O2/c1-3-11(12)9-6-5-7-10(8-9)13-4-2/h5-8,11-12H,3-4H2,1-2H3. The highest BCUT2D eigenvalue weighted by Gasteiger charge is 2.04. The van der Waals surface area contributed by atoms with Crippen molar-refractivity contribution in [2.75, 3.05) is 6.61 Å². The maximum atomic E-state index is 9.57. The molecule has 0 aromatic heterocycles. The van der Waals surface area contributed by atoms with Crippen molar-refractivity contribution in [3.8, 4) is 5.75 Å². The first kappa shape index (κ1) is 10.1. The third kappa shape index (κ3) is 2.74. The second kappa shape index (κ2) is 4.87. The van der Waals surface area contributed by atoms with Crippen LogP contribution in [0.4, 0.5) is 0 Å². The van der Waals surface area contributed by atoms with Gasteiger partial charge in [0.15, 0.2) is 0 Å². The summed E-state index contributed by atoms with van der Waals surface area (Å²) in [6.07, 6.45) is 0.357. The van der Waals surface area contributed by atoms with Crippen LogP contribution in [0.25, 0.3) is 0 Å². The predicted octanol–water partition coefficient (Wildman–Crippen LogP) is 2.53. The van der Waals surface area contributed by atoms with Gasteiger partial charge < -0.3 is 9.84 Å². The van der Waals surface area contributed by atoms with Gasteiger partial charge in [-0.1, -0.05) is 19.1 Å². The summed E-state index contributed by atoms with van der Waals surface area (Å²) in [6.45, 7) is 4.56. The summed E-state index contributed by atoms with van der Waals surface area (Å²) in [7, 11) is 0. The molecule has 0 aliphatic carbocycles. The van der Waals surface area contributed by atoms with Gasteiger partial charge >= 0.3 is 0 Å². The SMILES string of the molecule is CCOc1cccc(C(O)CC)c1. The Labute approximate surface area is 79.2 Å². The molecule has 0 heterocycles. The zero-order chi connectivity index (χ0) is 9.68. The maximum absolute atomic E-state index is 9.57. The quantitative estimate of drug-likeness (QED) is 0.771. The molecule has 0 saturated heterocycles. The van der Waals surface area contributed by atoms with E-state index in [1.807, 2.05) is 38.1 Å². The number of hydrogen-bond donors (Lipinski definition) is 1. The van der Waals surface area contributed by atoms with Gasteiger partial charge in [-0.15, -0.1) is 0 Å². The molecule has 13 heavy (non-hydrogen) atoms. The van der Waals surface area contributed by atoms with Gasteiger partial charge in [-0.25, -0.2) is 0 Å². The average Bonchev–Trinajstić information content (AvgIpc) is 2.18. The molecular weight excluding hydrogens is 164 g/mol. The van der Waals surface area contributed by atoms with E-state index < -0.39 is 0 Å². The van der Waals surface area contributed by atoms with E-state index in [1.165, 1.54) is 0 Å². The van der Waals surface area contributed by atoms with Crippen molar-refractivity contribution in [2.24, 2.45) is 0 Å². The van der Waals surface area contributed by atoms with Gasteiger partial charge in [-0.2, -0.15) is 0 Å². The Bertz CT molecular complexity index is 258. The van der Waals surface area contributed by atoms with E-state index in [9.17, 15) is 5.11 Å². The first-order chi connectivity index (χ1) is 6.27. The smallest absolute Gasteiger partial charge is 0.119 e. The first-order valence-electron chi connectivity index (χ1n) is 4.68. The van der Waals surface area contributed by atoms with Crippen LogP contribution < -0.4 is 4.74 Å². The second-order valence-corrected chi connectivity index (χ2v) is 2.93. The molecule has 1 aromatic carbocycles. The minimum Gasteiger partial charge on any atom is -0.494 e. The average molecular weight is 180 g/mol. The normalized spacial score (nSPS) is 12.5. The van der Waals surface area contributed by atoms with Gasteiger partial charge in [-0.05, 0) is 31.0 Å². The van der Waals surface area contributed by atoms with Crippen molar-refractivity contribution >= 4 is 0 Å². The molecule has 1 rings (SSSR count). The van der Waals surface area contributed by atoms with E-state index in [4.69, 9.17) is 4.74 Å². The molecule has 0 fully saturated rings. The zero-order valence-electron chi connectivity index (χ0n) is 8.16. The van der Waals surface area contributed by atoms with Crippen molar-refractivity contribution in [3.63, 3.8) is 0 Å². The molecule has 0 aliphatic heterocycles. The Kier molecular flexibility index (Phi) is 3.77. The predicted molar refractivity (Wildman–Crippen MR) is 52.9 cm³/mol. The third-order valence-electron chi connectivity index (χ3n) is 1.94. The number of rotatable bonds is 4. The van der Waals surface area contributed by atoms with Crippen LogP contribution >= 0.6 is 0 Å². The van der Waals surface area contributed by atoms with E-state index in [2.05, 4.69) is 0 Å². The van der Waals surface area contributed by atoms with Crippen LogP contribution in [0, 0.1) is 0 Å². The molecule has 2 nitrogen and oxygen atoms in total. The highest BCUT2D eigenvalue weighted by Crippen LogP contribution is 2.20. The molecule has 0 bridgehead atoms. The van der Waals surface area contributed by atoms with Crippen LogP contribution in [0.5, 0.6) is 5.75 Å². The minimum atomic E-state index is -0.375. The van der Waals surface area contributed by atoms with Crippen molar-refractivity contribution in [1.29, 1.82) is 0 Å². The fourth-order valence-corrected chi connectivity index (χ4v) is 1.21. The van der Waals surface area contributed by atoms with E-state index in [-0.39, 0.29) is 6.10 Å². The molecule has 0 saturated carbocycles. The number of hydrogen-bond acceptors (Lipinski definition) is 2. The van der Waals surface area contributed by atoms with Gasteiger partial charge in [-0.3, -0.25) is 0 Å². The number of ether oxygens (including phenoxy) is 1. The van der Waals surface area contributed by atoms with Gasteiger partial charge in [0.05, 0.1) is 12.7 Å². The lowest BCUT2D eigenvalue weighted by Gasteiger charge is -2.09. The van der Waals surface area contributed by atoms with E-state index in [0.717, 1.165) is 17.7 Å². The highest BCUT2D eigenvalue weighted by atomic mass is 16.5. The van der Waals surface area contributed by atoms with Crippen LogP contribution in [0.3, 0.4) is 0 Å². The molecule has 0 radical (unpaired) electrons. The van der Waals surface area contributed by atoms with Crippen LogP contribution in [-0.2, 0) is 0 Å². The fraction of sp³-hybridized carbons (Fsp3) is 0.455. The molecule has 1 atom stereocenters. The third-order valence-corrected chi connectivity index (χ3v) is 1.94. The van der Waals surface area contributed by atoms with Crippen LogP contribution in [0.15, 0.2) is 24.3 Å². The van der Waals surface area contributed by atoms with Crippen LogP contribution in [0.1, 0.15) is 31.9 Å². The lowest BCUT2D eigenvalue weighted by atomic mass is 10.1. The summed E-state index contributed by atoms with van der Waals surface area (Å²) < 4.78 is 5.33. The number of benzene rings is 1. The van der Waals surface area contributed by atoms with Crippen LogP contribution in [-0.4, -0.2) is 11.7 Å². The fourth-order valence-electron chi connectivity index (χ4n) is 1.21. The van der Waals surface area contributed by atoms with Gasteiger partial charge in [0, 0.05) is 0 Å². The number of aliphatic hydroxyl groups excluding tert-OH is 1. The molecule has 0 amide bonds. The van der Waals surface area contributed by atoms with Crippen molar-refractivity contribution in [2.45, 2.75) is 26.4 Å². The van der Waals surface area contributed by atoms with Crippen molar-refractivity contribution < 1.29 is 9.84 Å². The summed E-state index contributed by atoms with van der Waals surface area (Å²) in [6, 6.07) is 7.60. The Morgan fingerprint density at radius 3 is 2.77 bits per heavy atom. The zero-order valence-corrected chi connectivity index (χ0v) is 8.16. The molecule has 2 heteroatoms. The van der Waals surface area contributed by atoms with E-state index in [1.54, 1.807) is 0 Å². The summed E-state index contributed by atoms with van der Waals surface area (Å²) in [5, 5.41) is 9.57. The second-order valence-electron chi connectivity index (χ2n) is 2.93. The Hall–Kier alpha value is -1.02. The molecular formula is C11H16O2. The Morgan fingerprint density at radius 1 is 1.38 bits per heavy atom. The maximum Gasteiger partial charge on any atom is 0.119 e. The summed E-state index contributed by atoms with van der Waals surface area (Å²) in [4.78, 5) is 0. The highest BCUT2D eigenvalue weighted by molar-refractivity contribution is 5.29. The molecule has 72 valence electrons. The minimum absolute atomic E-state index is 0.375. The first-order valence-corrected chi connectivity index (χ1v) is 4.68. The van der Waals surface area contributed by atoms with Crippen molar-refractivity contribution in [1.82, 2.24) is 0 Å². The lowest BCUT2D eigenvalue weighted by molar-refractivity contribution is 0.173. The molecule has 1 aromatic rings. The largest absolute Gasteiger partial charge is 0.494 e. The van der Waals surface area contributed by atoms with Gasteiger partial charge in [0.1, 0.15) is 5.75 Å². The summed E-state index contributed by atoms with van der Waals surface area (Å²) in [5.74, 6) is 0.826. The van der Waals surface area contributed by atoms with Gasteiger partial charge in [0.2, 0.25) is 0 Å². The topological polar surface area (TPSA) is 29.5 Å². The summed E-state index contributed by atoms with van der Waals surface area (Å²) >= 11 is 0. The summed E-state index contributed by atoms with van der Waals surface area (Å²) in [5.41, 5.74) is 0.924. The molecule has 1 unspecified atom stereocenters. The van der Waals surface area contributed by atoms with Crippen molar-refractivity contribution in [3.05, 3.63) is 29.8 Å². The van der Waals surface area contributed by atoms with E-state index >= 15 is 0 Å². The molecule has 0 aliphatic rings. The molecule has 1 N–H and O–H groups in total.